The van der Waals surface area contributed by atoms with Crippen LogP contribution >= 0.6 is 0 Å². The summed E-state index contributed by atoms with van der Waals surface area (Å²) >= 11 is 0. The molecule has 1 aromatic carbocycles. The molecule has 1 amide bonds. The van der Waals surface area contributed by atoms with Crippen molar-refractivity contribution in [2.24, 2.45) is 11.3 Å². The molecule has 2 saturated carbocycles. The number of carbonyl (C=O) groups is 1. The number of nitrogens with zero attached hydrogens (tertiary/aromatic N) is 1. The summed E-state index contributed by atoms with van der Waals surface area (Å²) in [4.78, 5) is 14.9. The van der Waals surface area contributed by atoms with Crippen LogP contribution in [0, 0.1) is 11.3 Å². The molecule has 1 saturated heterocycles. The van der Waals surface area contributed by atoms with Crippen LogP contribution in [-0.4, -0.2) is 30.6 Å². The molecule has 1 unspecified atom stereocenters. The summed E-state index contributed by atoms with van der Waals surface area (Å²) in [6.45, 7) is 2.32. The molecular formula is C18H21NO3. The van der Waals surface area contributed by atoms with Crippen LogP contribution < -0.4 is 9.47 Å². The molecule has 1 atom stereocenters. The van der Waals surface area contributed by atoms with Gasteiger partial charge in [0, 0.05) is 13.0 Å². The Morgan fingerprint density at radius 2 is 1.91 bits per heavy atom. The first-order valence-electron chi connectivity index (χ1n) is 8.48. The fourth-order valence-electron chi connectivity index (χ4n) is 4.08. The number of rotatable bonds is 2. The van der Waals surface area contributed by atoms with E-state index in [-0.39, 0.29) is 11.5 Å². The Morgan fingerprint density at radius 3 is 2.68 bits per heavy atom. The van der Waals surface area contributed by atoms with E-state index in [1.807, 2.05) is 6.07 Å². The molecule has 5 rings (SSSR count). The molecule has 2 aliphatic heterocycles. The average Bonchev–Trinajstić information content (AvgIpc) is 3.35. The Kier molecular flexibility index (Phi) is 2.56. The molecule has 3 fully saturated rings. The summed E-state index contributed by atoms with van der Waals surface area (Å²) in [5.41, 5.74) is 1.28. The Labute approximate surface area is 130 Å². The van der Waals surface area contributed by atoms with Crippen LogP contribution in [0.25, 0.3) is 0 Å². The second-order valence-electron chi connectivity index (χ2n) is 7.17. The highest BCUT2D eigenvalue weighted by Gasteiger charge is 2.75. The Morgan fingerprint density at radius 1 is 1.14 bits per heavy atom. The van der Waals surface area contributed by atoms with Crippen molar-refractivity contribution in [2.45, 2.75) is 38.1 Å². The fourth-order valence-corrected chi connectivity index (χ4v) is 4.08. The molecule has 0 bridgehead atoms. The lowest BCUT2D eigenvalue weighted by molar-refractivity contribution is -0.135. The number of benzene rings is 1. The fraction of sp³-hybridized carbons (Fsp3) is 0.611. The Balaban J connectivity index is 1.43. The van der Waals surface area contributed by atoms with Crippen LogP contribution in [0.3, 0.4) is 0 Å². The second-order valence-corrected chi connectivity index (χ2v) is 7.17. The van der Waals surface area contributed by atoms with E-state index in [2.05, 4.69) is 17.0 Å². The van der Waals surface area contributed by atoms with Gasteiger partial charge >= 0.3 is 0 Å². The van der Waals surface area contributed by atoms with Gasteiger partial charge in [-0.15, -0.1) is 0 Å². The molecule has 0 aromatic heterocycles. The van der Waals surface area contributed by atoms with Crippen molar-refractivity contribution < 1.29 is 14.3 Å². The first kappa shape index (κ1) is 12.8. The SMILES string of the molecule is O=C(N1CCCC1c1ccc2c(c1)OCCCO2)C12CC1C2. The van der Waals surface area contributed by atoms with Crippen molar-refractivity contribution in [3.05, 3.63) is 23.8 Å². The van der Waals surface area contributed by atoms with Crippen molar-refractivity contribution in [3.63, 3.8) is 0 Å². The largest absolute Gasteiger partial charge is 0.490 e. The van der Waals surface area contributed by atoms with Gasteiger partial charge in [-0.25, -0.2) is 0 Å². The van der Waals surface area contributed by atoms with Crippen LogP contribution in [0.1, 0.15) is 43.7 Å². The Hall–Kier alpha value is -1.71. The van der Waals surface area contributed by atoms with E-state index in [1.165, 1.54) is 5.56 Å². The van der Waals surface area contributed by atoms with Crippen LogP contribution in [0.2, 0.25) is 0 Å². The zero-order valence-electron chi connectivity index (χ0n) is 12.7. The third-order valence-corrected chi connectivity index (χ3v) is 5.78. The van der Waals surface area contributed by atoms with Crippen molar-refractivity contribution in [1.82, 2.24) is 4.90 Å². The van der Waals surface area contributed by atoms with Crippen LogP contribution in [0.15, 0.2) is 18.2 Å². The number of amides is 1. The van der Waals surface area contributed by atoms with E-state index in [1.54, 1.807) is 0 Å². The summed E-state index contributed by atoms with van der Waals surface area (Å²) < 4.78 is 11.5. The number of hydrogen-bond acceptors (Lipinski definition) is 3. The maximum Gasteiger partial charge on any atom is 0.229 e. The first-order valence-corrected chi connectivity index (χ1v) is 8.48. The van der Waals surface area contributed by atoms with Gasteiger partial charge in [0.05, 0.1) is 24.7 Å². The van der Waals surface area contributed by atoms with Gasteiger partial charge in [0.2, 0.25) is 5.91 Å². The molecule has 2 heterocycles. The van der Waals surface area contributed by atoms with Crippen LogP contribution in [-0.2, 0) is 4.79 Å². The third kappa shape index (κ3) is 1.79. The normalized spacial score (nSPS) is 34.8. The van der Waals surface area contributed by atoms with Gasteiger partial charge in [-0.2, -0.15) is 0 Å². The highest BCUT2D eigenvalue weighted by molar-refractivity contribution is 5.90. The molecule has 1 aromatic rings. The summed E-state index contributed by atoms with van der Waals surface area (Å²) in [6, 6.07) is 6.43. The van der Waals surface area contributed by atoms with Gasteiger partial charge in [0.1, 0.15) is 0 Å². The molecule has 0 radical (unpaired) electrons. The molecular weight excluding hydrogens is 278 g/mol. The predicted molar refractivity (Wildman–Crippen MR) is 80.9 cm³/mol. The minimum atomic E-state index is 0.0773. The lowest BCUT2D eigenvalue weighted by atomic mass is 10.0. The van der Waals surface area contributed by atoms with Gasteiger partial charge in [-0.1, -0.05) is 6.07 Å². The lowest BCUT2D eigenvalue weighted by Crippen LogP contribution is -2.33. The Bertz CT molecular complexity index is 635. The monoisotopic (exact) mass is 299 g/mol. The minimum Gasteiger partial charge on any atom is -0.490 e. The van der Waals surface area contributed by atoms with E-state index in [4.69, 9.17) is 9.47 Å². The highest BCUT2D eigenvalue weighted by Crippen LogP contribution is 2.76. The summed E-state index contributed by atoms with van der Waals surface area (Å²) in [5.74, 6) is 2.79. The van der Waals surface area contributed by atoms with E-state index in [0.717, 1.165) is 50.1 Å². The van der Waals surface area contributed by atoms with Gasteiger partial charge in [0.25, 0.3) is 0 Å². The smallest absolute Gasteiger partial charge is 0.229 e. The molecule has 22 heavy (non-hydrogen) atoms. The number of ether oxygens (including phenoxy) is 2. The second kappa shape index (κ2) is 4.40. The zero-order valence-corrected chi connectivity index (χ0v) is 12.7. The van der Waals surface area contributed by atoms with E-state index in [9.17, 15) is 4.79 Å². The van der Waals surface area contributed by atoms with Crippen molar-refractivity contribution in [3.8, 4) is 11.5 Å². The van der Waals surface area contributed by atoms with E-state index >= 15 is 0 Å². The standard InChI is InChI=1S/C18H21NO3/c20-17(18-10-13(18)11-18)19-6-1-3-14(19)12-4-5-15-16(9-12)22-8-2-7-21-15/h4-5,9,13-14H,1-3,6-8,10-11H2. The highest BCUT2D eigenvalue weighted by atomic mass is 16.5. The maximum atomic E-state index is 12.8. The summed E-state index contributed by atoms with van der Waals surface area (Å²) in [5, 5.41) is 0. The maximum absolute atomic E-state index is 12.8. The topological polar surface area (TPSA) is 38.8 Å². The van der Waals surface area contributed by atoms with Crippen molar-refractivity contribution >= 4 is 5.91 Å². The summed E-state index contributed by atoms with van der Waals surface area (Å²) in [7, 11) is 0. The number of fused-ring (bicyclic) bond motifs is 2. The first-order chi connectivity index (χ1) is 10.8. The zero-order chi connectivity index (χ0) is 14.7. The van der Waals surface area contributed by atoms with Crippen LogP contribution in [0.4, 0.5) is 0 Å². The third-order valence-electron chi connectivity index (χ3n) is 5.78. The van der Waals surface area contributed by atoms with Gasteiger partial charge in [-0.05, 0) is 49.3 Å². The molecule has 4 aliphatic rings. The molecule has 2 aliphatic carbocycles. The number of likely N-dealkylation sites (tertiary alicyclic amines) is 1. The van der Waals surface area contributed by atoms with E-state index < -0.39 is 0 Å². The average molecular weight is 299 g/mol. The number of hydrogen-bond donors (Lipinski definition) is 0. The predicted octanol–water partition coefficient (Wildman–Crippen LogP) is 2.92. The lowest BCUT2D eigenvalue weighted by Gasteiger charge is -2.27. The molecule has 0 spiro atoms. The molecule has 116 valence electrons. The quantitative estimate of drug-likeness (QED) is 0.843. The van der Waals surface area contributed by atoms with Crippen LogP contribution in [0.5, 0.6) is 11.5 Å². The summed E-state index contributed by atoms with van der Waals surface area (Å²) in [6.07, 6.45) is 5.35. The van der Waals surface area contributed by atoms with Crippen molar-refractivity contribution in [1.29, 1.82) is 0 Å². The van der Waals surface area contributed by atoms with Crippen molar-refractivity contribution in [2.75, 3.05) is 19.8 Å². The molecule has 0 N–H and O–H groups in total. The van der Waals surface area contributed by atoms with E-state index in [0.29, 0.717) is 25.0 Å². The van der Waals surface area contributed by atoms with Gasteiger partial charge in [0.15, 0.2) is 11.5 Å². The van der Waals surface area contributed by atoms with Gasteiger partial charge < -0.3 is 14.4 Å². The van der Waals surface area contributed by atoms with Gasteiger partial charge in [-0.3, -0.25) is 4.79 Å². The molecule has 4 nitrogen and oxygen atoms in total. The molecule has 4 heteroatoms. The minimum absolute atomic E-state index is 0.0773. The number of carbonyl (C=O) groups excluding carboxylic acids is 1.